The third kappa shape index (κ3) is 3.31. The minimum absolute atomic E-state index is 0.0698. The van der Waals surface area contributed by atoms with Crippen LogP contribution in [-0.4, -0.2) is 38.3 Å². The van der Waals surface area contributed by atoms with Gasteiger partial charge in [-0.1, -0.05) is 83.0 Å². The summed E-state index contributed by atoms with van der Waals surface area (Å²) in [5.74, 6) is -4.38. The molecule has 41 heavy (non-hydrogen) atoms. The normalized spacial score (nSPS) is 33.1. The standard InChI is InChI=1S/C35H40O6/c1-16(2)28-18(4)25(20(6)36)31(39)35(41)32(40)29-30(38)27-24(37)15-14-23(22-12-10-17(3)11-13-22)26(27)19(5)33(29,8)21(7)34(28,35)9/h10-16,19,21,28,37-38,41H,1-9H3/t19-,21-,28+,33-,34-,35+/m0/s1. The van der Waals surface area contributed by atoms with Crippen molar-refractivity contribution in [3.05, 3.63) is 69.8 Å². The number of aromatic hydroxyl groups is 1. The maximum absolute atomic E-state index is 14.7. The Hall–Kier alpha value is -3.51. The quantitative estimate of drug-likeness (QED) is 0.295. The van der Waals surface area contributed by atoms with Crippen LogP contribution >= 0.6 is 0 Å². The summed E-state index contributed by atoms with van der Waals surface area (Å²) < 4.78 is 0. The molecule has 1 saturated carbocycles. The summed E-state index contributed by atoms with van der Waals surface area (Å²) in [6, 6.07) is 11.3. The van der Waals surface area contributed by atoms with Crippen LogP contribution in [0.25, 0.3) is 16.9 Å². The van der Waals surface area contributed by atoms with E-state index in [1.54, 1.807) is 13.8 Å². The summed E-state index contributed by atoms with van der Waals surface area (Å²) in [6.45, 7) is 16.6. The Labute approximate surface area is 241 Å². The highest BCUT2D eigenvalue weighted by Crippen LogP contribution is 2.70. The molecule has 0 saturated heterocycles. The number of Topliss-reactive ketones (excluding diaryl/α,β-unsaturated/α-hetero) is 3. The van der Waals surface area contributed by atoms with E-state index in [9.17, 15) is 29.7 Å². The van der Waals surface area contributed by atoms with E-state index in [2.05, 4.69) is 0 Å². The van der Waals surface area contributed by atoms with Crippen LogP contribution in [0.3, 0.4) is 0 Å². The second kappa shape index (κ2) is 8.99. The topological polar surface area (TPSA) is 112 Å². The summed E-state index contributed by atoms with van der Waals surface area (Å²) in [7, 11) is 0. The van der Waals surface area contributed by atoms with Gasteiger partial charge in [0.1, 0.15) is 11.5 Å². The number of ketones is 3. The molecule has 3 aliphatic carbocycles. The molecule has 5 rings (SSSR count). The number of phenols is 1. The molecule has 216 valence electrons. The van der Waals surface area contributed by atoms with Gasteiger partial charge in [-0.2, -0.15) is 0 Å². The molecular weight excluding hydrogens is 516 g/mol. The van der Waals surface area contributed by atoms with Gasteiger partial charge in [-0.25, -0.2) is 0 Å². The molecule has 0 amide bonds. The third-order valence-corrected chi connectivity index (χ3v) is 11.1. The molecule has 0 spiro atoms. The maximum Gasteiger partial charge on any atom is 0.206 e. The minimum Gasteiger partial charge on any atom is -0.507 e. The summed E-state index contributed by atoms with van der Waals surface area (Å²) in [5.41, 5.74) is -0.803. The van der Waals surface area contributed by atoms with Gasteiger partial charge in [0.15, 0.2) is 11.4 Å². The monoisotopic (exact) mass is 556 g/mol. The number of carbonyl (C=O) groups is 3. The minimum atomic E-state index is -2.56. The van der Waals surface area contributed by atoms with Gasteiger partial charge in [0.05, 0.1) is 11.1 Å². The lowest BCUT2D eigenvalue weighted by molar-refractivity contribution is -0.194. The Morgan fingerprint density at radius 3 is 2.05 bits per heavy atom. The lowest BCUT2D eigenvalue weighted by Crippen LogP contribution is -2.74. The zero-order valence-electron chi connectivity index (χ0n) is 25.3. The predicted octanol–water partition coefficient (Wildman–Crippen LogP) is 6.48. The highest BCUT2D eigenvalue weighted by Gasteiger charge is 2.75. The highest BCUT2D eigenvalue weighted by molar-refractivity contribution is 6.33. The fraction of sp³-hybridized carbons (Fsp3) is 0.457. The fourth-order valence-electron chi connectivity index (χ4n) is 8.93. The first-order valence-electron chi connectivity index (χ1n) is 14.4. The van der Waals surface area contributed by atoms with Crippen LogP contribution in [0.5, 0.6) is 5.75 Å². The van der Waals surface area contributed by atoms with Gasteiger partial charge in [0.25, 0.3) is 0 Å². The van der Waals surface area contributed by atoms with E-state index in [0.717, 1.165) is 16.7 Å². The van der Waals surface area contributed by atoms with Crippen LogP contribution < -0.4 is 0 Å². The molecule has 0 bridgehead atoms. The number of aliphatic hydroxyl groups is 2. The van der Waals surface area contributed by atoms with Crippen molar-refractivity contribution in [3.8, 4) is 16.9 Å². The first-order chi connectivity index (χ1) is 19.0. The van der Waals surface area contributed by atoms with Crippen LogP contribution in [0.2, 0.25) is 0 Å². The van der Waals surface area contributed by atoms with Gasteiger partial charge in [-0.15, -0.1) is 0 Å². The first-order valence-corrected chi connectivity index (χ1v) is 14.4. The van der Waals surface area contributed by atoms with E-state index in [4.69, 9.17) is 0 Å². The first kappa shape index (κ1) is 29.0. The molecule has 0 radical (unpaired) electrons. The van der Waals surface area contributed by atoms with Crippen molar-refractivity contribution >= 4 is 23.1 Å². The zero-order chi connectivity index (χ0) is 30.6. The molecule has 2 aromatic carbocycles. The van der Waals surface area contributed by atoms with Gasteiger partial charge in [0, 0.05) is 16.4 Å². The van der Waals surface area contributed by atoms with Crippen LogP contribution in [0, 0.1) is 35.5 Å². The Kier molecular flexibility index (Phi) is 6.36. The fourth-order valence-corrected chi connectivity index (χ4v) is 8.93. The van der Waals surface area contributed by atoms with Gasteiger partial charge >= 0.3 is 0 Å². The van der Waals surface area contributed by atoms with Crippen molar-refractivity contribution < 1.29 is 29.7 Å². The molecule has 1 fully saturated rings. The van der Waals surface area contributed by atoms with E-state index in [1.807, 2.05) is 71.9 Å². The van der Waals surface area contributed by atoms with Crippen LogP contribution in [0.4, 0.5) is 0 Å². The van der Waals surface area contributed by atoms with Gasteiger partial charge in [-0.3, -0.25) is 14.4 Å². The van der Waals surface area contributed by atoms with E-state index >= 15 is 0 Å². The van der Waals surface area contributed by atoms with Crippen LogP contribution in [0.1, 0.15) is 78.0 Å². The molecule has 0 heterocycles. The third-order valence-electron chi connectivity index (χ3n) is 11.1. The van der Waals surface area contributed by atoms with Crippen molar-refractivity contribution in [2.45, 2.75) is 73.8 Å². The largest absolute Gasteiger partial charge is 0.507 e. The second-order valence-corrected chi connectivity index (χ2v) is 13.2. The van der Waals surface area contributed by atoms with E-state index in [-0.39, 0.29) is 28.4 Å². The number of rotatable bonds is 3. The average Bonchev–Trinajstić information content (AvgIpc) is 2.89. The predicted molar refractivity (Wildman–Crippen MR) is 158 cm³/mol. The Morgan fingerprint density at radius 1 is 0.927 bits per heavy atom. The molecule has 3 N–H and O–H groups in total. The molecule has 6 nitrogen and oxygen atoms in total. The number of aryl methyl sites for hydroxylation is 1. The van der Waals surface area contributed by atoms with Gasteiger partial charge in [-0.05, 0) is 67.2 Å². The number of hydrogen-bond donors (Lipinski definition) is 3. The molecule has 2 aromatic rings. The molecule has 6 heteroatoms. The Morgan fingerprint density at radius 2 is 1.51 bits per heavy atom. The molecular formula is C35H40O6. The number of carbonyl (C=O) groups excluding carboxylic acids is 3. The second-order valence-electron chi connectivity index (χ2n) is 13.2. The van der Waals surface area contributed by atoms with E-state index in [0.29, 0.717) is 11.1 Å². The summed E-state index contributed by atoms with van der Waals surface area (Å²) in [5, 5.41) is 35.4. The molecule has 3 aliphatic rings. The average molecular weight is 557 g/mol. The number of benzene rings is 2. The summed E-state index contributed by atoms with van der Waals surface area (Å²) in [6.07, 6.45) is 0. The highest BCUT2D eigenvalue weighted by atomic mass is 16.3. The van der Waals surface area contributed by atoms with Gasteiger partial charge in [0.2, 0.25) is 11.6 Å². The molecule has 0 unspecified atom stereocenters. The van der Waals surface area contributed by atoms with Crippen molar-refractivity contribution in [3.63, 3.8) is 0 Å². The van der Waals surface area contributed by atoms with E-state index in [1.165, 1.54) is 13.0 Å². The SMILES string of the molecule is CC(=O)C1=C(C)[C@@H](C(C)C)[C@]2(C)[C@@H](C)[C@@]3(C)C(=C(O)c4c(O)ccc(-c5ccc(C)cc5)c4[C@@H]3C)C(=O)[C@]2(O)C1=O. The lowest BCUT2D eigenvalue weighted by Gasteiger charge is -2.65. The van der Waals surface area contributed by atoms with Crippen molar-refractivity contribution in [2.24, 2.45) is 28.6 Å². The van der Waals surface area contributed by atoms with Crippen molar-refractivity contribution in [2.75, 3.05) is 0 Å². The maximum atomic E-state index is 14.7. The Balaban J connectivity index is 1.89. The van der Waals surface area contributed by atoms with Crippen molar-refractivity contribution in [1.82, 2.24) is 0 Å². The van der Waals surface area contributed by atoms with Gasteiger partial charge < -0.3 is 15.3 Å². The van der Waals surface area contributed by atoms with E-state index < -0.39 is 57.3 Å². The smallest absolute Gasteiger partial charge is 0.206 e. The number of aliphatic hydroxyl groups excluding tert-OH is 1. The molecule has 0 aliphatic heterocycles. The summed E-state index contributed by atoms with van der Waals surface area (Å²) in [4.78, 5) is 41.6. The molecule has 0 aromatic heterocycles. The van der Waals surface area contributed by atoms with Crippen molar-refractivity contribution in [1.29, 1.82) is 0 Å². The number of phenolic OH excluding ortho intramolecular Hbond substituents is 1. The van der Waals surface area contributed by atoms with Crippen LogP contribution in [-0.2, 0) is 14.4 Å². The zero-order valence-corrected chi connectivity index (χ0v) is 25.3. The number of hydrogen-bond acceptors (Lipinski definition) is 6. The summed E-state index contributed by atoms with van der Waals surface area (Å²) >= 11 is 0. The lowest BCUT2D eigenvalue weighted by atomic mass is 9.37. The molecule has 6 atom stereocenters. The Bertz CT molecular complexity index is 1590. The number of allylic oxidation sites excluding steroid dienone is 1. The number of fused-ring (bicyclic) bond motifs is 3. The van der Waals surface area contributed by atoms with Crippen LogP contribution in [0.15, 0.2) is 53.1 Å².